The van der Waals surface area contributed by atoms with Crippen LogP contribution in [0.25, 0.3) is 11.1 Å². The van der Waals surface area contributed by atoms with Gasteiger partial charge in [-0.25, -0.2) is 14.8 Å². The maximum Gasteiger partial charge on any atom is 0.414 e. The van der Waals surface area contributed by atoms with Crippen molar-refractivity contribution >= 4 is 17.7 Å². The molecule has 0 aliphatic rings. The molecule has 0 fully saturated rings. The lowest BCUT2D eigenvalue weighted by atomic mass is 10.1. The number of nitrogens with zero attached hydrogens (tertiary/aromatic N) is 3. The summed E-state index contributed by atoms with van der Waals surface area (Å²) < 4.78 is 10.4. The third-order valence-electron chi connectivity index (χ3n) is 3.74. The van der Waals surface area contributed by atoms with Gasteiger partial charge >= 0.3 is 6.09 Å². The molecule has 0 unspecified atom stereocenters. The van der Waals surface area contributed by atoms with Crippen molar-refractivity contribution in [2.24, 2.45) is 0 Å². The monoisotopic (exact) mass is 364 g/mol. The molecule has 0 radical (unpaired) electrons. The van der Waals surface area contributed by atoms with Crippen LogP contribution >= 0.6 is 0 Å². The van der Waals surface area contributed by atoms with Gasteiger partial charge < -0.3 is 19.7 Å². The third kappa shape index (κ3) is 4.72. The minimum Gasteiger partial charge on any atom is -0.497 e. The van der Waals surface area contributed by atoms with Crippen LogP contribution in [-0.2, 0) is 0 Å². The molecule has 27 heavy (non-hydrogen) atoms. The smallest absolute Gasteiger partial charge is 0.414 e. The van der Waals surface area contributed by atoms with Crippen molar-refractivity contribution < 1.29 is 14.3 Å². The topological polar surface area (TPSA) is 76.6 Å². The lowest BCUT2D eigenvalue weighted by Crippen LogP contribution is -2.25. The van der Waals surface area contributed by atoms with E-state index >= 15 is 0 Å². The van der Waals surface area contributed by atoms with Crippen molar-refractivity contribution in [3.63, 3.8) is 0 Å². The molecule has 7 nitrogen and oxygen atoms in total. The number of hydrogen-bond acceptors (Lipinski definition) is 6. The van der Waals surface area contributed by atoms with Gasteiger partial charge in [0, 0.05) is 43.8 Å². The number of hydrogen-bond donors (Lipinski definition) is 1. The molecule has 0 aliphatic carbocycles. The van der Waals surface area contributed by atoms with E-state index in [0.717, 1.165) is 22.6 Å². The zero-order chi connectivity index (χ0) is 19.2. The molecule has 2 aromatic carbocycles. The molecule has 1 aromatic heterocycles. The van der Waals surface area contributed by atoms with Crippen LogP contribution in [0, 0.1) is 0 Å². The van der Waals surface area contributed by atoms with Gasteiger partial charge in [-0.1, -0.05) is 18.2 Å². The van der Waals surface area contributed by atoms with Crippen LogP contribution in [0.5, 0.6) is 11.5 Å². The lowest BCUT2D eigenvalue weighted by Gasteiger charge is -2.12. The van der Waals surface area contributed by atoms with E-state index in [1.54, 1.807) is 51.8 Å². The van der Waals surface area contributed by atoms with Crippen molar-refractivity contribution in [2.75, 3.05) is 26.5 Å². The number of aromatic nitrogens is 2. The highest BCUT2D eigenvalue weighted by Gasteiger charge is 2.08. The Morgan fingerprint density at radius 2 is 1.67 bits per heavy atom. The fourth-order valence-electron chi connectivity index (χ4n) is 2.28. The largest absolute Gasteiger partial charge is 0.497 e. The van der Waals surface area contributed by atoms with Crippen LogP contribution in [0.3, 0.4) is 0 Å². The summed E-state index contributed by atoms with van der Waals surface area (Å²) in [6.45, 7) is 0. The Hall–Kier alpha value is -3.61. The van der Waals surface area contributed by atoms with Crippen molar-refractivity contribution in [3.05, 3.63) is 60.9 Å². The highest BCUT2D eigenvalue weighted by atomic mass is 16.6. The second-order valence-corrected chi connectivity index (χ2v) is 5.94. The van der Waals surface area contributed by atoms with E-state index in [2.05, 4.69) is 15.3 Å². The van der Waals surface area contributed by atoms with Gasteiger partial charge in [-0.05, 0) is 29.8 Å². The molecular formula is C20H20N4O3. The number of carbonyl (C=O) groups is 1. The summed E-state index contributed by atoms with van der Waals surface area (Å²) in [7, 11) is 4.89. The molecular weight excluding hydrogens is 344 g/mol. The summed E-state index contributed by atoms with van der Waals surface area (Å²) in [5.74, 6) is 1.68. The van der Waals surface area contributed by atoms with Crippen molar-refractivity contribution in [1.82, 2.24) is 14.9 Å². The average Bonchev–Trinajstić information content (AvgIpc) is 2.69. The van der Waals surface area contributed by atoms with Crippen LogP contribution < -0.4 is 14.8 Å². The van der Waals surface area contributed by atoms with Gasteiger partial charge in [-0.2, -0.15) is 0 Å². The molecule has 138 valence electrons. The summed E-state index contributed by atoms with van der Waals surface area (Å²) in [5.41, 5.74) is 2.62. The summed E-state index contributed by atoms with van der Waals surface area (Å²) in [6.07, 6.45) is 3.05. The second kappa shape index (κ2) is 8.18. The Balaban J connectivity index is 1.70. The Bertz CT molecular complexity index is 909. The fourth-order valence-corrected chi connectivity index (χ4v) is 2.28. The van der Waals surface area contributed by atoms with E-state index in [-0.39, 0.29) is 0 Å². The normalized spacial score (nSPS) is 10.2. The molecule has 3 rings (SSSR count). The summed E-state index contributed by atoms with van der Waals surface area (Å²) in [5, 5.41) is 3.10. The first-order chi connectivity index (χ1) is 13.0. The molecule has 0 bridgehead atoms. The summed E-state index contributed by atoms with van der Waals surface area (Å²) in [6, 6.07) is 14.7. The van der Waals surface area contributed by atoms with Gasteiger partial charge in [0.2, 0.25) is 5.95 Å². The molecule has 0 atom stereocenters. The van der Waals surface area contributed by atoms with Gasteiger partial charge in [0.15, 0.2) is 0 Å². The van der Waals surface area contributed by atoms with Gasteiger partial charge in [-0.15, -0.1) is 0 Å². The predicted molar refractivity (Wildman–Crippen MR) is 103 cm³/mol. The fraction of sp³-hybridized carbons (Fsp3) is 0.150. The summed E-state index contributed by atoms with van der Waals surface area (Å²) in [4.78, 5) is 21.7. The van der Waals surface area contributed by atoms with Crippen LogP contribution in [0.15, 0.2) is 60.9 Å². The Morgan fingerprint density at radius 3 is 2.30 bits per heavy atom. The molecule has 7 heteroatoms. The molecule has 1 amide bonds. The quantitative estimate of drug-likeness (QED) is 0.738. The van der Waals surface area contributed by atoms with E-state index in [0.29, 0.717) is 11.7 Å². The van der Waals surface area contributed by atoms with Crippen LogP contribution in [-0.4, -0.2) is 42.2 Å². The molecule has 1 heterocycles. The molecule has 0 spiro atoms. The third-order valence-corrected chi connectivity index (χ3v) is 3.74. The Morgan fingerprint density at radius 1 is 0.963 bits per heavy atom. The predicted octanol–water partition coefficient (Wildman–Crippen LogP) is 3.96. The maximum atomic E-state index is 11.6. The van der Waals surface area contributed by atoms with E-state index in [4.69, 9.17) is 9.47 Å². The second-order valence-electron chi connectivity index (χ2n) is 5.94. The van der Waals surface area contributed by atoms with E-state index in [1.165, 1.54) is 4.90 Å². The van der Waals surface area contributed by atoms with E-state index in [1.807, 2.05) is 30.3 Å². The van der Waals surface area contributed by atoms with Gasteiger partial charge in [0.25, 0.3) is 0 Å². The van der Waals surface area contributed by atoms with E-state index in [9.17, 15) is 4.79 Å². The molecule has 0 saturated heterocycles. The molecule has 0 aliphatic heterocycles. The van der Waals surface area contributed by atoms with Gasteiger partial charge in [-0.3, -0.25) is 0 Å². The number of ether oxygens (including phenoxy) is 2. The van der Waals surface area contributed by atoms with E-state index < -0.39 is 6.09 Å². The Kier molecular flexibility index (Phi) is 5.51. The average molecular weight is 364 g/mol. The number of nitrogens with one attached hydrogen (secondary N) is 1. The summed E-state index contributed by atoms with van der Waals surface area (Å²) >= 11 is 0. The number of anilines is 2. The zero-order valence-electron chi connectivity index (χ0n) is 15.3. The number of benzene rings is 2. The van der Waals surface area contributed by atoms with Crippen LogP contribution in [0.1, 0.15) is 0 Å². The lowest BCUT2D eigenvalue weighted by molar-refractivity contribution is 0.172. The first-order valence-corrected chi connectivity index (χ1v) is 8.28. The highest BCUT2D eigenvalue weighted by molar-refractivity contribution is 5.71. The van der Waals surface area contributed by atoms with Crippen molar-refractivity contribution in [3.8, 4) is 22.6 Å². The standard InChI is InChI=1S/C20H20N4O3/c1-24(2)20(25)27-18-6-4-5-16(11-18)23-19-21-12-15(13-22-19)14-7-9-17(26-3)10-8-14/h4-13H,1-3H3,(H,21,22,23). The molecule has 0 saturated carbocycles. The number of amides is 1. The molecule has 1 N–H and O–H groups in total. The first kappa shape index (κ1) is 18.2. The van der Waals surface area contributed by atoms with Gasteiger partial charge in [0.1, 0.15) is 11.5 Å². The number of methoxy groups -OCH3 is 1. The number of carbonyl (C=O) groups excluding carboxylic acids is 1. The van der Waals surface area contributed by atoms with Crippen molar-refractivity contribution in [1.29, 1.82) is 0 Å². The Labute approximate surface area is 157 Å². The van der Waals surface area contributed by atoms with Gasteiger partial charge in [0.05, 0.1) is 7.11 Å². The van der Waals surface area contributed by atoms with Crippen molar-refractivity contribution in [2.45, 2.75) is 0 Å². The van der Waals surface area contributed by atoms with Crippen LogP contribution in [0.2, 0.25) is 0 Å². The SMILES string of the molecule is COc1ccc(-c2cnc(Nc3cccc(OC(=O)N(C)C)c3)nc2)cc1. The number of rotatable bonds is 5. The zero-order valence-corrected chi connectivity index (χ0v) is 15.3. The van der Waals surface area contributed by atoms with Crippen LogP contribution in [0.4, 0.5) is 16.4 Å². The minimum atomic E-state index is -0.438. The first-order valence-electron chi connectivity index (χ1n) is 8.28. The maximum absolute atomic E-state index is 11.6. The highest BCUT2D eigenvalue weighted by Crippen LogP contribution is 2.23. The minimum absolute atomic E-state index is 0.438. The molecule has 3 aromatic rings.